The molecule has 9 heteroatoms. The molecule has 0 unspecified atom stereocenters. The van der Waals surface area contributed by atoms with Gasteiger partial charge in [-0.15, -0.1) is 24.8 Å². The maximum atomic E-state index is 4.75. The maximum Gasteiger partial charge on any atom is 0.160 e. The van der Waals surface area contributed by atoms with Crippen molar-refractivity contribution in [3.05, 3.63) is 41.1 Å². The second-order valence-electron chi connectivity index (χ2n) is 6.99. The van der Waals surface area contributed by atoms with Crippen LogP contribution in [0, 0.1) is 0 Å². The number of halogens is 2. The lowest BCUT2D eigenvalue weighted by Gasteiger charge is -2.13. The minimum Gasteiger partial charge on any atom is -0.324 e. The quantitative estimate of drug-likeness (QED) is 0.651. The minimum absolute atomic E-state index is 0. The maximum absolute atomic E-state index is 4.75. The topological polar surface area (TPSA) is 76.3 Å². The number of fused-ring (bicyclic) bond motifs is 2. The summed E-state index contributed by atoms with van der Waals surface area (Å²) < 4.78 is 4.26. The molecule has 2 N–H and O–H groups in total. The number of aromatic nitrogens is 6. The Morgan fingerprint density at radius 2 is 2.00 bits per heavy atom. The highest BCUT2D eigenvalue weighted by molar-refractivity contribution is 5.85. The Bertz CT molecular complexity index is 872. The van der Waals surface area contributed by atoms with E-state index in [2.05, 4.69) is 35.8 Å². The van der Waals surface area contributed by atoms with Gasteiger partial charge < -0.3 is 9.88 Å². The third-order valence-electron chi connectivity index (χ3n) is 5.33. The third kappa shape index (κ3) is 3.77. The van der Waals surface area contributed by atoms with Gasteiger partial charge in [0.25, 0.3) is 0 Å². The zero-order valence-corrected chi connectivity index (χ0v) is 16.8. The van der Waals surface area contributed by atoms with E-state index in [4.69, 9.17) is 5.10 Å². The van der Waals surface area contributed by atoms with Crippen LogP contribution in [-0.4, -0.2) is 36.1 Å². The lowest BCUT2D eigenvalue weighted by molar-refractivity contribution is 0.476. The van der Waals surface area contributed by atoms with Crippen LogP contribution in [0.3, 0.4) is 0 Å². The van der Waals surface area contributed by atoms with Crippen molar-refractivity contribution < 1.29 is 0 Å². The molecular formula is C18H25Cl2N7. The summed E-state index contributed by atoms with van der Waals surface area (Å²) in [6.07, 6.45) is 9.99. The van der Waals surface area contributed by atoms with Gasteiger partial charge in [0.2, 0.25) is 0 Å². The molecule has 0 saturated carbocycles. The van der Waals surface area contributed by atoms with Gasteiger partial charge in [0.1, 0.15) is 5.69 Å². The van der Waals surface area contributed by atoms with Crippen molar-refractivity contribution in [3.8, 4) is 11.5 Å². The highest BCUT2D eigenvalue weighted by Crippen LogP contribution is 2.24. The summed E-state index contributed by atoms with van der Waals surface area (Å²) in [6, 6.07) is 2.15. The van der Waals surface area contributed by atoms with Crippen molar-refractivity contribution in [3.63, 3.8) is 0 Å². The molecular weight excluding hydrogens is 385 g/mol. The number of imidazole rings is 1. The highest BCUT2D eigenvalue weighted by atomic mass is 35.5. The van der Waals surface area contributed by atoms with E-state index < -0.39 is 0 Å². The van der Waals surface area contributed by atoms with E-state index in [0.717, 1.165) is 56.2 Å². The fourth-order valence-corrected chi connectivity index (χ4v) is 3.99. The summed E-state index contributed by atoms with van der Waals surface area (Å²) in [5.41, 5.74) is 6.08. The average Bonchev–Trinajstić information content (AvgIpc) is 3.30. The molecule has 0 fully saturated rings. The molecule has 0 radical (unpaired) electrons. The van der Waals surface area contributed by atoms with Gasteiger partial charge in [-0.1, -0.05) is 6.42 Å². The number of nitrogens with one attached hydrogen (secondary N) is 2. The first kappa shape index (κ1) is 19.9. The molecule has 5 rings (SSSR count). The molecule has 1 aliphatic heterocycles. The van der Waals surface area contributed by atoms with Crippen LogP contribution in [0.2, 0.25) is 0 Å². The van der Waals surface area contributed by atoms with E-state index in [-0.39, 0.29) is 24.8 Å². The zero-order chi connectivity index (χ0) is 16.6. The number of H-pyrrole nitrogens is 1. The van der Waals surface area contributed by atoms with Crippen molar-refractivity contribution in [1.29, 1.82) is 0 Å². The van der Waals surface area contributed by atoms with Crippen LogP contribution in [0.4, 0.5) is 0 Å². The van der Waals surface area contributed by atoms with Crippen LogP contribution < -0.4 is 5.32 Å². The number of hydrogen-bond acceptors (Lipinski definition) is 4. The van der Waals surface area contributed by atoms with Crippen molar-refractivity contribution in [1.82, 2.24) is 34.8 Å². The van der Waals surface area contributed by atoms with Gasteiger partial charge in [0, 0.05) is 31.2 Å². The smallest absolute Gasteiger partial charge is 0.160 e. The summed E-state index contributed by atoms with van der Waals surface area (Å²) in [5.74, 6) is 0.923. The second-order valence-corrected chi connectivity index (χ2v) is 6.99. The molecule has 0 spiro atoms. The predicted octanol–water partition coefficient (Wildman–Crippen LogP) is 2.73. The normalized spacial score (nSPS) is 15.9. The predicted molar refractivity (Wildman–Crippen MR) is 109 cm³/mol. The molecule has 0 bridgehead atoms. The first-order valence-corrected chi connectivity index (χ1v) is 9.22. The van der Waals surface area contributed by atoms with Crippen LogP contribution in [0.1, 0.15) is 41.9 Å². The SMILES string of the molecule is Cl.Cl.c1cn(Cc2n[nH]c3c2CCCCC3)c(-c2cc3n(n2)CCNC3)n1. The molecule has 0 aromatic carbocycles. The summed E-state index contributed by atoms with van der Waals surface area (Å²) >= 11 is 0. The molecule has 1 aliphatic carbocycles. The Hall–Kier alpha value is -1.83. The van der Waals surface area contributed by atoms with Crippen molar-refractivity contribution in [2.75, 3.05) is 6.54 Å². The summed E-state index contributed by atoms with van der Waals surface area (Å²) in [6.45, 7) is 3.52. The Morgan fingerprint density at radius 1 is 1.11 bits per heavy atom. The van der Waals surface area contributed by atoms with Crippen LogP contribution in [-0.2, 0) is 32.5 Å². The fraction of sp³-hybridized carbons (Fsp3) is 0.500. The van der Waals surface area contributed by atoms with E-state index in [1.165, 1.54) is 36.2 Å². The lowest BCUT2D eigenvalue weighted by atomic mass is 10.1. The van der Waals surface area contributed by atoms with E-state index in [9.17, 15) is 0 Å². The Labute approximate surface area is 170 Å². The molecule has 3 aromatic heterocycles. The summed E-state index contributed by atoms with van der Waals surface area (Å²) in [7, 11) is 0. The molecule has 146 valence electrons. The van der Waals surface area contributed by atoms with Crippen molar-refractivity contribution in [2.24, 2.45) is 0 Å². The highest BCUT2D eigenvalue weighted by Gasteiger charge is 2.19. The molecule has 0 atom stereocenters. The number of aryl methyl sites for hydroxylation is 1. The second kappa shape index (κ2) is 8.46. The Kier molecular flexibility index (Phi) is 6.24. The third-order valence-corrected chi connectivity index (χ3v) is 5.33. The van der Waals surface area contributed by atoms with Crippen LogP contribution in [0.5, 0.6) is 0 Å². The lowest BCUT2D eigenvalue weighted by Crippen LogP contribution is -2.28. The van der Waals surface area contributed by atoms with Gasteiger partial charge in [-0.3, -0.25) is 9.78 Å². The van der Waals surface area contributed by atoms with Gasteiger partial charge in [-0.25, -0.2) is 4.98 Å². The summed E-state index contributed by atoms with van der Waals surface area (Å²) in [5, 5.41) is 16.0. The molecule has 4 heterocycles. The monoisotopic (exact) mass is 409 g/mol. The van der Waals surface area contributed by atoms with Crippen molar-refractivity contribution >= 4 is 24.8 Å². The van der Waals surface area contributed by atoms with E-state index in [0.29, 0.717) is 0 Å². The van der Waals surface area contributed by atoms with Crippen LogP contribution in [0.15, 0.2) is 18.5 Å². The van der Waals surface area contributed by atoms with E-state index in [1.807, 2.05) is 12.4 Å². The van der Waals surface area contributed by atoms with Gasteiger partial charge in [-0.05, 0) is 37.3 Å². The van der Waals surface area contributed by atoms with Crippen LogP contribution in [0.25, 0.3) is 11.5 Å². The zero-order valence-electron chi connectivity index (χ0n) is 15.1. The molecule has 27 heavy (non-hydrogen) atoms. The average molecular weight is 410 g/mol. The van der Waals surface area contributed by atoms with Gasteiger partial charge in [-0.2, -0.15) is 10.2 Å². The molecule has 0 saturated heterocycles. The van der Waals surface area contributed by atoms with Gasteiger partial charge in [0.05, 0.1) is 24.5 Å². The minimum atomic E-state index is 0. The van der Waals surface area contributed by atoms with Gasteiger partial charge in [0.15, 0.2) is 5.82 Å². The largest absolute Gasteiger partial charge is 0.324 e. The number of aromatic amines is 1. The Balaban J connectivity index is 0.00000105. The first-order chi connectivity index (χ1) is 12.4. The Morgan fingerprint density at radius 3 is 2.89 bits per heavy atom. The van der Waals surface area contributed by atoms with Gasteiger partial charge >= 0.3 is 0 Å². The molecule has 0 amide bonds. The summed E-state index contributed by atoms with van der Waals surface area (Å²) in [4.78, 5) is 4.57. The fourth-order valence-electron chi connectivity index (χ4n) is 3.99. The van der Waals surface area contributed by atoms with Crippen LogP contribution >= 0.6 is 24.8 Å². The first-order valence-electron chi connectivity index (χ1n) is 9.22. The van der Waals surface area contributed by atoms with Crippen molar-refractivity contribution in [2.45, 2.75) is 51.7 Å². The number of rotatable bonds is 3. The molecule has 7 nitrogen and oxygen atoms in total. The standard InChI is InChI=1S/C18H23N7.2ClH/c1-2-4-14-15(5-3-1)21-22-17(14)12-24-8-7-20-18(24)16-10-13-11-19-6-9-25(13)23-16;;/h7-8,10,19H,1-6,9,11-12H2,(H,21,22);2*1H. The van der Waals surface area contributed by atoms with E-state index in [1.54, 1.807) is 0 Å². The molecule has 2 aliphatic rings. The number of nitrogens with zero attached hydrogens (tertiary/aromatic N) is 5. The van der Waals surface area contributed by atoms with E-state index >= 15 is 0 Å². The molecule has 3 aromatic rings. The number of hydrogen-bond donors (Lipinski definition) is 2.